The number of unbranched alkanes of at least 4 members (excludes halogenated alkanes) is 2. The topological polar surface area (TPSA) is 58.4 Å². The fourth-order valence-electron chi connectivity index (χ4n) is 1.89. The van der Waals surface area contributed by atoms with Gasteiger partial charge in [0.25, 0.3) is 0 Å². The number of nitrogens with one attached hydrogen (secondary N) is 1. The number of hydrogen-bond acceptors (Lipinski definition) is 3. The number of nitrogens with zero attached hydrogens (tertiary/aromatic N) is 1. The molecule has 1 rings (SSSR count). The summed E-state index contributed by atoms with van der Waals surface area (Å²) >= 11 is 5.88. The quantitative estimate of drug-likeness (QED) is 0.571. The molecule has 0 heterocycles. The molecule has 0 aromatic heterocycles. The van der Waals surface area contributed by atoms with Crippen LogP contribution in [0.3, 0.4) is 0 Å². The van der Waals surface area contributed by atoms with Gasteiger partial charge in [0.05, 0.1) is 11.4 Å². The average molecular weight is 298 g/mol. The van der Waals surface area contributed by atoms with Crippen LogP contribution in [0.4, 0.5) is 11.4 Å². The molecule has 4 nitrogen and oxygen atoms in total. The second-order valence-electron chi connectivity index (χ2n) is 5.04. The first-order valence-electron chi connectivity index (χ1n) is 7.06. The standard InChI is InChI=1S/C15H24ClN3O/c1-3-4-5-9-19(2)10-8-15(20)18-14-11-12(16)6-7-13(14)17/h6-7,11H,3-5,8-10,17H2,1-2H3,(H,18,20). The Hall–Kier alpha value is -1.26. The maximum absolute atomic E-state index is 11.9. The monoisotopic (exact) mass is 297 g/mol. The lowest BCUT2D eigenvalue weighted by Gasteiger charge is -2.16. The zero-order valence-corrected chi connectivity index (χ0v) is 13.0. The minimum absolute atomic E-state index is 0.0405. The van der Waals surface area contributed by atoms with Crippen LogP contribution < -0.4 is 11.1 Å². The molecule has 1 amide bonds. The molecule has 0 aliphatic carbocycles. The zero-order valence-electron chi connectivity index (χ0n) is 12.3. The molecule has 0 aliphatic heterocycles. The Morgan fingerprint density at radius 3 is 2.80 bits per heavy atom. The van der Waals surface area contributed by atoms with Crippen molar-refractivity contribution in [3.8, 4) is 0 Å². The lowest BCUT2D eigenvalue weighted by molar-refractivity contribution is -0.116. The number of anilines is 2. The predicted octanol–water partition coefficient (Wildman–Crippen LogP) is 3.37. The molecule has 0 bridgehead atoms. The molecule has 1 aromatic carbocycles. The van der Waals surface area contributed by atoms with Crippen LogP contribution in [-0.4, -0.2) is 30.9 Å². The van der Waals surface area contributed by atoms with Gasteiger partial charge in [-0.05, 0) is 38.2 Å². The van der Waals surface area contributed by atoms with E-state index in [0.717, 1.165) is 13.1 Å². The second-order valence-corrected chi connectivity index (χ2v) is 5.48. The molecule has 0 fully saturated rings. The Labute approximate surface area is 126 Å². The molecular weight excluding hydrogens is 274 g/mol. The van der Waals surface area contributed by atoms with E-state index in [4.69, 9.17) is 17.3 Å². The van der Waals surface area contributed by atoms with Crippen LogP contribution >= 0.6 is 11.6 Å². The molecule has 0 radical (unpaired) electrons. The number of nitrogens with two attached hydrogens (primary N) is 1. The lowest BCUT2D eigenvalue weighted by atomic mass is 10.2. The summed E-state index contributed by atoms with van der Waals surface area (Å²) in [5.74, 6) is -0.0405. The Morgan fingerprint density at radius 1 is 1.35 bits per heavy atom. The lowest BCUT2D eigenvalue weighted by Crippen LogP contribution is -2.25. The van der Waals surface area contributed by atoms with Crippen LogP contribution in [0, 0.1) is 0 Å². The summed E-state index contributed by atoms with van der Waals surface area (Å²) in [7, 11) is 2.04. The largest absolute Gasteiger partial charge is 0.397 e. The third kappa shape index (κ3) is 6.26. The van der Waals surface area contributed by atoms with Crippen molar-refractivity contribution in [1.82, 2.24) is 4.90 Å². The second kappa shape index (κ2) is 8.82. The van der Waals surface area contributed by atoms with E-state index in [1.54, 1.807) is 18.2 Å². The van der Waals surface area contributed by atoms with Crippen molar-refractivity contribution in [3.63, 3.8) is 0 Å². The van der Waals surface area contributed by atoms with Gasteiger partial charge >= 0.3 is 0 Å². The van der Waals surface area contributed by atoms with Gasteiger partial charge in [-0.25, -0.2) is 0 Å². The maximum atomic E-state index is 11.9. The van der Waals surface area contributed by atoms with Crippen molar-refractivity contribution < 1.29 is 4.79 Å². The summed E-state index contributed by atoms with van der Waals surface area (Å²) in [5, 5.41) is 3.36. The number of carbonyl (C=O) groups is 1. The van der Waals surface area contributed by atoms with Crippen LogP contribution in [0.2, 0.25) is 5.02 Å². The average Bonchev–Trinajstić information content (AvgIpc) is 2.41. The molecule has 20 heavy (non-hydrogen) atoms. The van der Waals surface area contributed by atoms with Crippen LogP contribution in [0.15, 0.2) is 18.2 Å². The third-order valence-corrected chi connectivity index (χ3v) is 3.39. The van der Waals surface area contributed by atoms with Gasteiger partial charge in [-0.1, -0.05) is 31.4 Å². The zero-order chi connectivity index (χ0) is 15.0. The van der Waals surface area contributed by atoms with Gasteiger partial charge < -0.3 is 16.0 Å². The minimum Gasteiger partial charge on any atom is -0.397 e. The highest BCUT2D eigenvalue weighted by Crippen LogP contribution is 2.22. The molecule has 0 atom stereocenters. The Balaban J connectivity index is 2.34. The number of benzene rings is 1. The number of halogens is 1. The smallest absolute Gasteiger partial charge is 0.225 e. The molecule has 0 aliphatic rings. The summed E-state index contributed by atoms with van der Waals surface area (Å²) in [4.78, 5) is 14.1. The van der Waals surface area contributed by atoms with Crippen molar-refractivity contribution in [2.24, 2.45) is 0 Å². The van der Waals surface area contributed by atoms with Gasteiger partial charge in [0.2, 0.25) is 5.91 Å². The van der Waals surface area contributed by atoms with E-state index in [9.17, 15) is 4.79 Å². The fraction of sp³-hybridized carbons (Fsp3) is 0.533. The summed E-state index contributed by atoms with van der Waals surface area (Å²) in [6, 6.07) is 5.06. The molecule has 0 saturated carbocycles. The Morgan fingerprint density at radius 2 is 2.10 bits per heavy atom. The van der Waals surface area contributed by atoms with Crippen molar-refractivity contribution in [3.05, 3.63) is 23.2 Å². The van der Waals surface area contributed by atoms with Crippen molar-refractivity contribution in [2.45, 2.75) is 32.6 Å². The van der Waals surface area contributed by atoms with Crippen LogP contribution in [-0.2, 0) is 4.79 Å². The van der Waals surface area contributed by atoms with Crippen LogP contribution in [0.25, 0.3) is 0 Å². The summed E-state index contributed by atoms with van der Waals surface area (Å²) in [6.07, 6.45) is 4.07. The summed E-state index contributed by atoms with van der Waals surface area (Å²) in [5.41, 5.74) is 6.90. The number of rotatable bonds is 8. The van der Waals surface area contributed by atoms with Crippen LogP contribution in [0.1, 0.15) is 32.6 Å². The number of carbonyl (C=O) groups excluding carboxylic acids is 1. The van der Waals surface area contributed by atoms with E-state index in [0.29, 0.717) is 22.8 Å². The number of nitrogen functional groups attached to an aromatic ring is 1. The van der Waals surface area contributed by atoms with E-state index in [1.165, 1.54) is 19.3 Å². The predicted molar refractivity (Wildman–Crippen MR) is 86.1 cm³/mol. The molecule has 5 heteroatoms. The summed E-state index contributed by atoms with van der Waals surface area (Å²) < 4.78 is 0. The Bertz CT molecular complexity index is 437. The van der Waals surface area contributed by atoms with Gasteiger partial charge in [-0.2, -0.15) is 0 Å². The highest BCUT2D eigenvalue weighted by atomic mass is 35.5. The highest BCUT2D eigenvalue weighted by Gasteiger charge is 2.07. The molecule has 0 spiro atoms. The molecule has 112 valence electrons. The first-order chi connectivity index (χ1) is 9.52. The molecule has 0 saturated heterocycles. The molecule has 1 aromatic rings. The van der Waals surface area contributed by atoms with E-state index in [-0.39, 0.29) is 5.91 Å². The molecule has 3 N–H and O–H groups in total. The number of hydrogen-bond donors (Lipinski definition) is 2. The van der Waals surface area contributed by atoms with Gasteiger partial charge in [-0.15, -0.1) is 0 Å². The first-order valence-corrected chi connectivity index (χ1v) is 7.44. The van der Waals surface area contributed by atoms with Crippen LogP contribution in [0.5, 0.6) is 0 Å². The van der Waals surface area contributed by atoms with E-state index in [1.807, 2.05) is 7.05 Å². The van der Waals surface area contributed by atoms with Gasteiger partial charge in [0, 0.05) is 18.0 Å². The normalized spacial score (nSPS) is 10.8. The SMILES string of the molecule is CCCCCN(C)CCC(=O)Nc1cc(Cl)ccc1N. The number of amides is 1. The summed E-state index contributed by atoms with van der Waals surface area (Å²) in [6.45, 7) is 3.96. The van der Waals surface area contributed by atoms with Crippen molar-refractivity contribution >= 4 is 28.9 Å². The van der Waals surface area contributed by atoms with Gasteiger partial charge in [-0.3, -0.25) is 4.79 Å². The molecule has 0 unspecified atom stereocenters. The first kappa shape index (κ1) is 16.8. The maximum Gasteiger partial charge on any atom is 0.225 e. The van der Waals surface area contributed by atoms with Gasteiger partial charge in [0.15, 0.2) is 0 Å². The fourth-order valence-corrected chi connectivity index (χ4v) is 2.06. The minimum atomic E-state index is -0.0405. The highest BCUT2D eigenvalue weighted by molar-refractivity contribution is 6.31. The van der Waals surface area contributed by atoms with Gasteiger partial charge in [0.1, 0.15) is 0 Å². The van der Waals surface area contributed by atoms with Crippen molar-refractivity contribution in [2.75, 3.05) is 31.2 Å². The molecular formula is C15H24ClN3O. The van der Waals surface area contributed by atoms with Crippen molar-refractivity contribution in [1.29, 1.82) is 0 Å². The van der Waals surface area contributed by atoms with E-state index < -0.39 is 0 Å². The van der Waals surface area contributed by atoms with E-state index in [2.05, 4.69) is 17.1 Å². The Kier molecular flexibility index (Phi) is 7.41. The van der Waals surface area contributed by atoms with E-state index >= 15 is 0 Å². The third-order valence-electron chi connectivity index (χ3n) is 3.15.